The summed E-state index contributed by atoms with van der Waals surface area (Å²) in [6, 6.07) is 13.7. The molecule has 0 amide bonds. The average Bonchev–Trinajstić information content (AvgIpc) is 2.83. The number of aliphatic hydroxyl groups is 1. The van der Waals surface area contributed by atoms with E-state index < -0.39 is 0 Å². The number of fused-ring (bicyclic) bond motifs is 2. The highest BCUT2D eigenvalue weighted by Crippen LogP contribution is 2.27. The molecule has 0 unspecified atom stereocenters. The van der Waals surface area contributed by atoms with E-state index in [1.807, 2.05) is 48.7 Å². The van der Waals surface area contributed by atoms with Crippen LogP contribution in [0.2, 0.25) is 0 Å². The minimum absolute atomic E-state index is 0.0308. The number of anilines is 1. The van der Waals surface area contributed by atoms with E-state index in [2.05, 4.69) is 9.88 Å². The van der Waals surface area contributed by atoms with Gasteiger partial charge in [-0.2, -0.15) is 0 Å². The van der Waals surface area contributed by atoms with Crippen molar-refractivity contribution in [3.05, 3.63) is 59.8 Å². The molecule has 116 valence electrons. The number of aromatic nitrogens is 2. The van der Waals surface area contributed by atoms with Crippen LogP contribution in [0, 0.1) is 0 Å². The molecular weight excluding hydrogens is 290 g/mol. The third-order valence-corrected chi connectivity index (χ3v) is 4.05. The standard InChI is InChI=1S/C18H17N3O2/c22-12-13-5-6-17-14(9-13)11-21(7-8-23-17)18-10-19-15-3-1-2-4-16(15)20-18/h1-6,9-10,22H,7-8,11-12H2. The number of hydrogen-bond donors (Lipinski definition) is 1. The predicted octanol–water partition coefficient (Wildman–Crippen LogP) is 2.52. The molecule has 1 aliphatic heterocycles. The van der Waals surface area contributed by atoms with Crippen LogP contribution in [0.3, 0.4) is 0 Å². The van der Waals surface area contributed by atoms with Gasteiger partial charge >= 0.3 is 0 Å². The van der Waals surface area contributed by atoms with Crippen molar-refractivity contribution in [2.45, 2.75) is 13.2 Å². The Kier molecular flexibility index (Phi) is 3.55. The molecule has 1 N–H and O–H groups in total. The molecular formula is C18H17N3O2. The topological polar surface area (TPSA) is 58.5 Å². The van der Waals surface area contributed by atoms with Crippen LogP contribution >= 0.6 is 0 Å². The zero-order valence-corrected chi connectivity index (χ0v) is 12.6. The van der Waals surface area contributed by atoms with Gasteiger partial charge in [0.2, 0.25) is 0 Å². The lowest BCUT2D eigenvalue weighted by molar-refractivity contribution is 0.281. The van der Waals surface area contributed by atoms with Crippen LogP contribution in [0.4, 0.5) is 5.82 Å². The molecule has 0 spiro atoms. The van der Waals surface area contributed by atoms with E-state index in [1.54, 1.807) is 0 Å². The molecule has 1 aliphatic rings. The van der Waals surface area contributed by atoms with Crippen molar-refractivity contribution < 1.29 is 9.84 Å². The quantitative estimate of drug-likeness (QED) is 0.788. The van der Waals surface area contributed by atoms with Gasteiger partial charge in [-0.3, -0.25) is 4.98 Å². The first-order valence-corrected chi connectivity index (χ1v) is 7.66. The van der Waals surface area contributed by atoms with E-state index in [0.29, 0.717) is 13.2 Å². The summed E-state index contributed by atoms with van der Waals surface area (Å²) in [5.74, 6) is 1.72. The fraction of sp³-hybridized carbons (Fsp3) is 0.222. The van der Waals surface area contributed by atoms with Crippen molar-refractivity contribution in [1.82, 2.24) is 9.97 Å². The van der Waals surface area contributed by atoms with Gasteiger partial charge in [0, 0.05) is 12.1 Å². The van der Waals surface area contributed by atoms with E-state index >= 15 is 0 Å². The van der Waals surface area contributed by atoms with Gasteiger partial charge in [0.1, 0.15) is 18.2 Å². The van der Waals surface area contributed by atoms with Crippen LogP contribution in [0.15, 0.2) is 48.7 Å². The number of ether oxygens (including phenoxy) is 1. The molecule has 0 saturated heterocycles. The molecule has 0 bridgehead atoms. The van der Waals surface area contributed by atoms with Gasteiger partial charge in [0.05, 0.1) is 30.4 Å². The predicted molar refractivity (Wildman–Crippen MR) is 88.4 cm³/mol. The van der Waals surface area contributed by atoms with Crippen LogP contribution in [-0.4, -0.2) is 28.2 Å². The third kappa shape index (κ3) is 2.71. The summed E-state index contributed by atoms with van der Waals surface area (Å²) in [4.78, 5) is 11.4. The number of hydrogen-bond acceptors (Lipinski definition) is 5. The molecule has 0 aliphatic carbocycles. The Morgan fingerprint density at radius 2 is 2.00 bits per heavy atom. The van der Waals surface area contributed by atoms with Crippen LogP contribution < -0.4 is 9.64 Å². The smallest absolute Gasteiger partial charge is 0.148 e. The summed E-state index contributed by atoms with van der Waals surface area (Å²) in [5, 5.41) is 9.33. The second kappa shape index (κ2) is 5.85. The zero-order valence-electron chi connectivity index (χ0n) is 12.6. The van der Waals surface area contributed by atoms with Crippen LogP contribution in [0.5, 0.6) is 5.75 Å². The highest BCUT2D eigenvalue weighted by Gasteiger charge is 2.17. The maximum Gasteiger partial charge on any atom is 0.148 e. The van der Waals surface area contributed by atoms with E-state index in [-0.39, 0.29) is 6.61 Å². The fourth-order valence-electron chi connectivity index (χ4n) is 2.84. The lowest BCUT2D eigenvalue weighted by atomic mass is 10.1. The Morgan fingerprint density at radius 1 is 1.13 bits per heavy atom. The number of rotatable bonds is 2. The molecule has 0 radical (unpaired) electrons. The molecule has 1 aromatic heterocycles. The molecule has 4 rings (SSSR count). The first kappa shape index (κ1) is 14.0. The van der Waals surface area contributed by atoms with Gasteiger partial charge in [0.25, 0.3) is 0 Å². The second-order valence-corrected chi connectivity index (χ2v) is 5.59. The minimum Gasteiger partial charge on any atom is -0.491 e. The second-order valence-electron chi connectivity index (χ2n) is 5.59. The van der Waals surface area contributed by atoms with Crippen molar-refractivity contribution in [2.75, 3.05) is 18.1 Å². The van der Waals surface area contributed by atoms with Gasteiger partial charge in [-0.15, -0.1) is 0 Å². The molecule has 3 aromatic rings. The number of aliphatic hydroxyl groups excluding tert-OH is 1. The Hall–Kier alpha value is -2.66. The van der Waals surface area contributed by atoms with E-state index in [0.717, 1.165) is 40.3 Å². The maximum atomic E-state index is 9.33. The summed E-state index contributed by atoms with van der Waals surface area (Å²) in [6.07, 6.45) is 1.81. The maximum absolute atomic E-state index is 9.33. The molecule has 5 heteroatoms. The molecule has 0 atom stereocenters. The van der Waals surface area contributed by atoms with Gasteiger partial charge in [-0.25, -0.2) is 4.98 Å². The zero-order chi connectivity index (χ0) is 15.6. The first-order valence-electron chi connectivity index (χ1n) is 7.66. The Bertz CT molecular complexity index is 851. The van der Waals surface area contributed by atoms with Crippen molar-refractivity contribution in [3.8, 4) is 5.75 Å². The van der Waals surface area contributed by atoms with E-state index in [4.69, 9.17) is 9.72 Å². The SMILES string of the molecule is OCc1ccc2c(c1)CN(c1cnc3ccccc3n1)CCO2. The Labute approximate surface area is 134 Å². The lowest BCUT2D eigenvalue weighted by Gasteiger charge is -2.20. The monoisotopic (exact) mass is 307 g/mol. The van der Waals surface area contributed by atoms with Gasteiger partial charge in [-0.05, 0) is 29.8 Å². The Balaban J connectivity index is 1.70. The van der Waals surface area contributed by atoms with Crippen molar-refractivity contribution in [1.29, 1.82) is 0 Å². The van der Waals surface area contributed by atoms with Crippen molar-refractivity contribution in [2.24, 2.45) is 0 Å². The van der Waals surface area contributed by atoms with Gasteiger partial charge < -0.3 is 14.7 Å². The van der Waals surface area contributed by atoms with Crippen molar-refractivity contribution >= 4 is 16.9 Å². The molecule has 23 heavy (non-hydrogen) atoms. The lowest BCUT2D eigenvalue weighted by Crippen LogP contribution is -2.26. The summed E-state index contributed by atoms with van der Waals surface area (Å²) in [5.41, 5.74) is 3.73. The Morgan fingerprint density at radius 3 is 2.87 bits per heavy atom. The fourth-order valence-corrected chi connectivity index (χ4v) is 2.84. The summed E-state index contributed by atoms with van der Waals surface area (Å²) in [7, 11) is 0. The van der Waals surface area contributed by atoms with Gasteiger partial charge in [0.15, 0.2) is 0 Å². The minimum atomic E-state index is 0.0308. The summed E-state index contributed by atoms with van der Waals surface area (Å²) < 4.78 is 5.82. The third-order valence-electron chi connectivity index (χ3n) is 4.05. The molecule has 2 aromatic carbocycles. The normalized spacial score (nSPS) is 14.2. The number of benzene rings is 2. The van der Waals surface area contributed by atoms with Gasteiger partial charge in [-0.1, -0.05) is 18.2 Å². The molecule has 5 nitrogen and oxygen atoms in total. The first-order chi connectivity index (χ1) is 11.3. The van der Waals surface area contributed by atoms with Crippen LogP contribution in [0.25, 0.3) is 11.0 Å². The van der Waals surface area contributed by atoms with E-state index in [9.17, 15) is 5.11 Å². The van der Waals surface area contributed by atoms with E-state index in [1.165, 1.54) is 0 Å². The highest BCUT2D eigenvalue weighted by atomic mass is 16.5. The summed E-state index contributed by atoms with van der Waals surface area (Å²) >= 11 is 0. The summed E-state index contributed by atoms with van der Waals surface area (Å²) in [6.45, 7) is 2.06. The average molecular weight is 307 g/mol. The number of nitrogens with zero attached hydrogens (tertiary/aromatic N) is 3. The molecule has 2 heterocycles. The van der Waals surface area contributed by atoms with Crippen LogP contribution in [-0.2, 0) is 13.2 Å². The number of para-hydroxylation sites is 2. The molecule has 0 saturated carbocycles. The highest BCUT2D eigenvalue weighted by molar-refractivity contribution is 5.75. The largest absolute Gasteiger partial charge is 0.491 e. The van der Waals surface area contributed by atoms with Crippen molar-refractivity contribution in [3.63, 3.8) is 0 Å². The van der Waals surface area contributed by atoms with Crippen LogP contribution in [0.1, 0.15) is 11.1 Å². The molecule has 0 fully saturated rings.